The Morgan fingerprint density at radius 3 is 2.36 bits per heavy atom. The molecule has 0 spiro atoms. The summed E-state index contributed by atoms with van der Waals surface area (Å²) in [6, 6.07) is 13.6. The number of nitrogens with one attached hydrogen (secondary N) is 1. The lowest BCUT2D eigenvalue weighted by atomic mass is 10.1. The van der Waals surface area contributed by atoms with Crippen molar-refractivity contribution in [3.63, 3.8) is 0 Å². The van der Waals surface area contributed by atoms with Crippen LogP contribution in [0.15, 0.2) is 59.0 Å². The molecule has 0 fully saturated rings. The molecule has 0 radical (unpaired) electrons. The molecule has 3 rings (SSSR count). The highest BCUT2D eigenvalue weighted by atomic mass is 16.5. The first-order valence-electron chi connectivity index (χ1n) is 8.12. The highest BCUT2D eigenvalue weighted by Crippen LogP contribution is 2.28. The number of aromatic carboxylic acids is 1. The maximum atomic E-state index is 12.3. The molecule has 8 heteroatoms. The Kier molecular flexibility index (Phi) is 5.12. The van der Waals surface area contributed by atoms with Crippen molar-refractivity contribution in [1.82, 2.24) is 0 Å². The minimum Gasteiger partial charge on any atom is -0.496 e. The molecule has 0 aliphatic carbocycles. The van der Waals surface area contributed by atoms with Gasteiger partial charge in [0.25, 0.3) is 11.8 Å². The van der Waals surface area contributed by atoms with Crippen molar-refractivity contribution in [2.24, 2.45) is 5.73 Å². The molecule has 8 nitrogen and oxygen atoms in total. The van der Waals surface area contributed by atoms with Crippen LogP contribution in [0.25, 0.3) is 11.3 Å². The Morgan fingerprint density at radius 1 is 1.04 bits per heavy atom. The molecule has 1 heterocycles. The Balaban J connectivity index is 1.79. The molecule has 0 aliphatic rings. The van der Waals surface area contributed by atoms with Crippen molar-refractivity contribution < 1.29 is 28.6 Å². The minimum absolute atomic E-state index is 0.0651. The maximum absolute atomic E-state index is 12.3. The zero-order valence-electron chi connectivity index (χ0n) is 14.8. The molecule has 0 saturated heterocycles. The fourth-order valence-electron chi connectivity index (χ4n) is 2.55. The van der Waals surface area contributed by atoms with Gasteiger partial charge in [-0.1, -0.05) is 6.07 Å². The van der Waals surface area contributed by atoms with E-state index in [-0.39, 0.29) is 16.9 Å². The van der Waals surface area contributed by atoms with Crippen LogP contribution < -0.4 is 15.8 Å². The van der Waals surface area contributed by atoms with Crippen LogP contribution in [0.5, 0.6) is 5.75 Å². The monoisotopic (exact) mass is 380 g/mol. The van der Waals surface area contributed by atoms with Crippen LogP contribution in [0.1, 0.15) is 31.3 Å². The van der Waals surface area contributed by atoms with Gasteiger partial charge in [-0.15, -0.1) is 0 Å². The number of furan rings is 1. The quantitative estimate of drug-likeness (QED) is 0.602. The molecular formula is C20H16N2O6. The Bertz CT molecular complexity index is 1050. The third-order valence-corrected chi connectivity index (χ3v) is 3.97. The minimum atomic E-state index is -1.05. The average molecular weight is 380 g/mol. The number of carbonyl (C=O) groups is 3. The van der Waals surface area contributed by atoms with Crippen LogP contribution in [0.2, 0.25) is 0 Å². The summed E-state index contributed by atoms with van der Waals surface area (Å²) in [7, 11) is 1.42. The number of amides is 2. The third kappa shape index (κ3) is 3.85. The number of rotatable bonds is 6. The predicted molar refractivity (Wildman–Crippen MR) is 101 cm³/mol. The summed E-state index contributed by atoms with van der Waals surface area (Å²) < 4.78 is 10.8. The van der Waals surface area contributed by atoms with E-state index in [0.29, 0.717) is 22.8 Å². The zero-order valence-corrected chi connectivity index (χ0v) is 14.8. The summed E-state index contributed by atoms with van der Waals surface area (Å²) in [5.74, 6) is -1.39. The van der Waals surface area contributed by atoms with E-state index in [1.54, 1.807) is 18.2 Å². The van der Waals surface area contributed by atoms with Crippen molar-refractivity contribution >= 4 is 23.5 Å². The molecular weight excluding hydrogens is 364 g/mol. The molecule has 2 aromatic carbocycles. The lowest BCUT2D eigenvalue weighted by Crippen LogP contribution is -2.12. The summed E-state index contributed by atoms with van der Waals surface area (Å²) in [5, 5.41) is 11.5. The number of carbonyl (C=O) groups excluding carboxylic acids is 2. The van der Waals surface area contributed by atoms with E-state index in [9.17, 15) is 14.4 Å². The first-order valence-corrected chi connectivity index (χ1v) is 8.12. The normalized spacial score (nSPS) is 10.3. The van der Waals surface area contributed by atoms with Gasteiger partial charge in [-0.2, -0.15) is 0 Å². The molecule has 1 aromatic heterocycles. The smallest absolute Gasteiger partial charge is 0.335 e. The summed E-state index contributed by atoms with van der Waals surface area (Å²) in [6.45, 7) is 0. The van der Waals surface area contributed by atoms with Crippen molar-refractivity contribution in [1.29, 1.82) is 0 Å². The van der Waals surface area contributed by atoms with E-state index in [0.717, 1.165) is 0 Å². The summed E-state index contributed by atoms with van der Waals surface area (Å²) >= 11 is 0. The number of hydrogen-bond donors (Lipinski definition) is 3. The standard InChI is InChI=1S/C20H16N2O6/c1-27-17-10-12(4-7-14(17)18(21)23)15-8-9-16(28-15)19(24)22-13-5-2-11(3-6-13)20(25)26/h2-10H,1H3,(H2,21,23)(H,22,24)(H,25,26). The summed E-state index contributed by atoms with van der Waals surface area (Å²) in [5.41, 5.74) is 6.68. The molecule has 0 unspecified atom stereocenters. The van der Waals surface area contributed by atoms with Gasteiger partial charge >= 0.3 is 5.97 Å². The van der Waals surface area contributed by atoms with Crippen LogP contribution in [-0.2, 0) is 0 Å². The summed E-state index contributed by atoms with van der Waals surface area (Å²) in [4.78, 5) is 34.6. The van der Waals surface area contributed by atoms with Gasteiger partial charge in [0.15, 0.2) is 5.76 Å². The van der Waals surface area contributed by atoms with Crippen LogP contribution in [-0.4, -0.2) is 30.0 Å². The number of carboxylic acids is 1. The van der Waals surface area contributed by atoms with Crippen molar-refractivity contribution in [2.45, 2.75) is 0 Å². The SMILES string of the molecule is COc1cc(-c2ccc(C(=O)Nc3ccc(C(=O)O)cc3)o2)ccc1C(N)=O. The van der Waals surface area contributed by atoms with Gasteiger partial charge in [0.2, 0.25) is 0 Å². The molecule has 4 N–H and O–H groups in total. The van der Waals surface area contributed by atoms with Crippen molar-refractivity contribution in [3.8, 4) is 17.1 Å². The van der Waals surface area contributed by atoms with E-state index in [2.05, 4.69) is 5.32 Å². The van der Waals surface area contributed by atoms with E-state index in [1.165, 1.54) is 43.5 Å². The van der Waals surface area contributed by atoms with Crippen LogP contribution in [0.3, 0.4) is 0 Å². The number of carboxylic acid groups (broad SMARTS) is 1. The van der Waals surface area contributed by atoms with Crippen molar-refractivity contribution in [2.75, 3.05) is 12.4 Å². The first-order chi connectivity index (χ1) is 13.4. The zero-order chi connectivity index (χ0) is 20.3. The molecule has 0 atom stereocenters. The van der Waals surface area contributed by atoms with Crippen molar-refractivity contribution in [3.05, 3.63) is 71.5 Å². The third-order valence-electron chi connectivity index (χ3n) is 3.97. The molecule has 3 aromatic rings. The molecule has 0 bridgehead atoms. The molecule has 2 amide bonds. The van der Waals surface area contributed by atoms with Gasteiger partial charge in [0, 0.05) is 11.3 Å². The molecule has 28 heavy (non-hydrogen) atoms. The number of nitrogens with two attached hydrogens (primary N) is 1. The van der Waals surface area contributed by atoms with E-state index in [4.69, 9.17) is 20.0 Å². The fourth-order valence-corrected chi connectivity index (χ4v) is 2.55. The second-order valence-corrected chi connectivity index (χ2v) is 5.78. The first kappa shape index (κ1) is 18.7. The molecule has 0 saturated carbocycles. The van der Waals surface area contributed by atoms with Gasteiger partial charge in [-0.3, -0.25) is 9.59 Å². The number of hydrogen-bond acceptors (Lipinski definition) is 5. The van der Waals surface area contributed by atoms with E-state index in [1.807, 2.05) is 0 Å². The highest BCUT2D eigenvalue weighted by molar-refractivity contribution is 6.03. The second-order valence-electron chi connectivity index (χ2n) is 5.78. The van der Waals surface area contributed by atoms with Crippen LogP contribution in [0, 0.1) is 0 Å². The van der Waals surface area contributed by atoms with E-state index >= 15 is 0 Å². The Morgan fingerprint density at radius 2 is 1.75 bits per heavy atom. The van der Waals surface area contributed by atoms with E-state index < -0.39 is 17.8 Å². The second kappa shape index (κ2) is 7.67. The average Bonchev–Trinajstić information content (AvgIpc) is 3.18. The predicted octanol–water partition coefficient (Wildman–Crippen LogP) is 3.00. The number of anilines is 1. The van der Waals surface area contributed by atoms with Gasteiger partial charge in [0.05, 0.1) is 18.2 Å². The van der Waals surface area contributed by atoms with Gasteiger partial charge in [0.1, 0.15) is 11.5 Å². The van der Waals surface area contributed by atoms with Gasteiger partial charge < -0.3 is 25.3 Å². The van der Waals surface area contributed by atoms with Gasteiger partial charge in [-0.25, -0.2) is 4.79 Å². The number of benzene rings is 2. The van der Waals surface area contributed by atoms with Crippen LogP contribution in [0.4, 0.5) is 5.69 Å². The topological polar surface area (TPSA) is 132 Å². The Labute approximate surface area is 159 Å². The Hall–Kier alpha value is -4.07. The number of primary amides is 1. The lowest BCUT2D eigenvalue weighted by Gasteiger charge is -2.07. The van der Waals surface area contributed by atoms with Crippen LogP contribution >= 0.6 is 0 Å². The maximum Gasteiger partial charge on any atom is 0.335 e. The largest absolute Gasteiger partial charge is 0.496 e. The molecule has 142 valence electrons. The highest BCUT2D eigenvalue weighted by Gasteiger charge is 2.15. The number of methoxy groups -OCH3 is 1. The number of ether oxygens (including phenoxy) is 1. The fraction of sp³-hybridized carbons (Fsp3) is 0.0500. The van der Waals surface area contributed by atoms with Gasteiger partial charge in [-0.05, 0) is 48.5 Å². The molecule has 0 aliphatic heterocycles. The lowest BCUT2D eigenvalue weighted by molar-refractivity contribution is 0.0696. The summed E-state index contributed by atoms with van der Waals surface area (Å²) in [6.07, 6.45) is 0.